The first-order chi connectivity index (χ1) is 9.72. The quantitative estimate of drug-likeness (QED) is 0.795. The Morgan fingerprint density at radius 2 is 2.25 bits per heavy atom. The van der Waals surface area contributed by atoms with E-state index in [2.05, 4.69) is 25.3 Å². The number of nitrogens with one attached hydrogen (secondary N) is 1. The van der Waals surface area contributed by atoms with Gasteiger partial charge in [0.1, 0.15) is 12.1 Å². The zero-order valence-electron chi connectivity index (χ0n) is 10.6. The molecule has 1 atom stereocenters. The molecular weight excluding hydrogens is 280 g/mol. The average Bonchev–Trinajstić information content (AvgIpc) is 3.12. The third-order valence-electron chi connectivity index (χ3n) is 2.65. The summed E-state index contributed by atoms with van der Waals surface area (Å²) in [4.78, 5) is 16.3. The first kappa shape index (κ1) is 12.6. The molecule has 0 spiro atoms. The molecule has 1 N–H and O–H groups in total. The van der Waals surface area contributed by atoms with Crippen LogP contribution in [0.2, 0.25) is 5.28 Å². The van der Waals surface area contributed by atoms with Crippen molar-refractivity contribution in [1.29, 1.82) is 0 Å². The molecule has 0 radical (unpaired) electrons. The molecule has 0 aliphatic heterocycles. The molecule has 1 unspecified atom stereocenters. The highest BCUT2D eigenvalue weighted by atomic mass is 35.5. The standard InChI is InChI=1S/C12H11ClN6O/c1-8(9-3-2-6-20-9)15-11-16-10(13)17-12(18-11)19-5-4-14-7-19/h2-8H,1H3,(H,15,16,17,18). The van der Waals surface area contributed by atoms with Gasteiger partial charge in [0.25, 0.3) is 0 Å². The van der Waals surface area contributed by atoms with E-state index in [9.17, 15) is 0 Å². The molecule has 102 valence electrons. The topological polar surface area (TPSA) is 81.7 Å². The fourth-order valence-corrected chi connectivity index (χ4v) is 1.86. The van der Waals surface area contributed by atoms with Crippen LogP contribution < -0.4 is 5.32 Å². The lowest BCUT2D eigenvalue weighted by Gasteiger charge is -2.11. The molecular formula is C12H11ClN6O. The van der Waals surface area contributed by atoms with Crippen molar-refractivity contribution in [3.63, 3.8) is 0 Å². The molecule has 20 heavy (non-hydrogen) atoms. The second-order valence-corrected chi connectivity index (χ2v) is 4.42. The lowest BCUT2D eigenvalue weighted by molar-refractivity contribution is 0.489. The van der Waals surface area contributed by atoms with E-state index in [1.54, 1.807) is 29.6 Å². The van der Waals surface area contributed by atoms with Crippen LogP contribution in [0.5, 0.6) is 0 Å². The predicted octanol–water partition coefficient (Wildman–Crippen LogP) is 2.48. The minimum atomic E-state index is -0.0842. The Kier molecular flexibility index (Phi) is 3.34. The third kappa shape index (κ3) is 2.62. The van der Waals surface area contributed by atoms with Gasteiger partial charge in [0.05, 0.1) is 12.3 Å². The Labute approximate surface area is 119 Å². The van der Waals surface area contributed by atoms with Gasteiger partial charge in [-0.3, -0.25) is 4.57 Å². The van der Waals surface area contributed by atoms with Gasteiger partial charge >= 0.3 is 0 Å². The van der Waals surface area contributed by atoms with Crippen molar-refractivity contribution in [2.75, 3.05) is 5.32 Å². The maximum Gasteiger partial charge on any atom is 0.241 e. The molecule has 0 aliphatic rings. The Bertz CT molecular complexity index is 682. The summed E-state index contributed by atoms with van der Waals surface area (Å²) in [5.74, 6) is 1.56. The van der Waals surface area contributed by atoms with E-state index >= 15 is 0 Å². The van der Waals surface area contributed by atoms with Crippen LogP contribution in [-0.2, 0) is 0 Å². The van der Waals surface area contributed by atoms with Crippen molar-refractivity contribution in [2.24, 2.45) is 0 Å². The SMILES string of the molecule is CC(Nc1nc(Cl)nc(-n2ccnc2)n1)c1ccco1. The molecule has 0 saturated heterocycles. The zero-order valence-corrected chi connectivity index (χ0v) is 11.3. The first-order valence-electron chi connectivity index (χ1n) is 5.92. The number of hydrogen-bond donors (Lipinski definition) is 1. The van der Waals surface area contributed by atoms with Crippen molar-refractivity contribution in [3.05, 3.63) is 48.2 Å². The van der Waals surface area contributed by atoms with Gasteiger partial charge in [-0.25, -0.2) is 4.98 Å². The highest BCUT2D eigenvalue weighted by Crippen LogP contribution is 2.18. The van der Waals surface area contributed by atoms with Crippen molar-refractivity contribution in [3.8, 4) is 5.95 Å². The molecule has 3 aromatic heterocycles. The Morgan fingerprint density at radius 3 is 2.95 bits per heavy atom. The molecule has 8 heteroatoms. The van der Waals surface area contributed by atoms with Gasteiger partial charge in [0.2, 0.25) is 17.2 Å². The second kappa shape index (κ2) is 5.30. The second-order valence-electron chi connectivity index (χ2n) is 4.08. The minimum absolute atomic E-state index is 0.0842. The molecule has 0 bridgehead atoms. The number of halogens is 1. The summed E-state index contributed by atoms with van der Waals surface area (Å²) in [5, 5.41) is 3.22. The summed E-state index contributed by atoms with van der Waals surface area (Å²) >= 11 is 5.92. The van der Waals surface area contributed by atoms with E-state index in [-0.39, 0.29) is 11.3 Å². The molecule has 0 saturated carbocycles. The fourth-order valence-electron chi connectivity index (χ4n) is 1.70. The van der Waals surface area contributed by atoms with Gasteiger partial charge in [0.15, 0.2) is 0 Å². The Balaban J connectivity index is 1.87. The van der Waals surface area contributed by atoms with Gasteiger partial charge in [-0.15, -0.1) is 0 Å². The summed E-state index contributed by atoms with van der Waals surface area (Å²) in [5.41, 5.74) is 0. The maximum atomic E-state index is 5.92. The number of furan rings is 1. The number of anilines is 1. The lowest BCUT2D eigenvalue weighted by Crippen LogP contribution is -2.11. The van der Waals surface area contributed by atoms with Gasteiger partial charge in [-0.2, -0.15) is 15.0 Å². The molecule has 7 nitrogen and oxygen atoms in total. The van der Waals surface area contributed by atoms with E-state index in [1.807, 2.05) is 19.1 Å². The van der Waals surface area contributed by atoms with Crippen molar-refractivity contribution in [2.45, 2.75) is 13.0 Å². The van der Waals surface area contributed by atoms with Crippen molar-refractivity contribution in [1.82, 2.24) is 24.5 Å². The highest BCUT2D eigenvalue weighted by molar-refractivity contribution is 6.28. The van der Waals surface area contributed by atoms with Gasteiger partial charge in [-0.1, -0.05) is 0 Å². The molecule has 0 aliphatic carbocycles. The molecule has 3 aromatic rings. The number of nitrogens with zero attached hydrogens (tertiary/aromatic N) is 5. The molecule has 3 rings (SSSR count). The Morgan fingerprint density at radius 1 is 1.35 bits per heavy atom. The summed E-state index contributed by atoms with van der Waals surface area (Å²) in [7, 11) is 0. The minimum Gasteiger partial charge on any atom is -0.467 e. The lowest BCUT2D eigenvalue weighted by atomic mass is 10.2. The summed E-state index contributed by atoms with van der Waals surface area (Å²) < 4.78 is 6.97. The third-order valence-corrected chi connectivity index (χ3v) is 2.82. The smallest absolute Gasteiger partial charge is 0.241 e. The van der Waals surface area contributed by atoms with Crippen molar-refractivity contribution < 1.29 is 4.42 Å². The Hall–Kier alpha value is -2.41. The van der Waals surface area contributed by atoms with Crippen LogP contribution in [0.1, 0.15) is 18.7 Å². The monoisotopic (exact) mass is 290 g/mol. The van der Waals surface area contributed by atoms with Gasteiger partial charge in [-0.05, 0) is 30.7 Å². The first-order valence-corrected chi connectivity index (χ1v) is 6.30. The fraction of sp³-hybridized carbons (Fsp3) is 0.167. The summed E-state index contributed by atoms with van der Waals surface area (Å²) in [6.45, 7) is 1.94. The van der Waals surface area contributed by atoms with Crippen LogP contribution in [0.25, 0.3) is 5.95 Å². The van der Waals surface area contributed by atoms with Crippen molar-refractivity contribution >= 4 is 17.5 Å². The van der Waals surface area contributed by atoms with E-state index < -0.39 is 0 Å². The summed E-state index contributed by atoms with van der Waals surface area (Å²) in [6.07, 6.45) is 6.57. The highest BCUT2D eigenvalue weighted by Gasteiger charge is 2.12. The normalized spacial score (nSPS) is 12.3. The molecule has 0 aromatic carbocycles. The average molecular weight is 291 g/mol. The van der Waals surface area contributed by atoms with Gasteiger partial charge < -0.3 is 9.73 Å². The van der Waals surface area contributed by atoms with Gasteiger partial charge in [0, 0.05) is 12.4 Å². The maximum absolute atomic E-state index is 5.92. The molecule has 0 amide bonds. The van der Waals surface area contributed by atoms with Crippen LogP contribution in [0.15, 0.2) is 41.5 Å². The van der Waals surface area contributed by atoms with E-state index in [1.165, 1.54) is 0 Å². The van der Waals surface area contributed by atoms with E-state index in [4.69, 9.17) is 16.0 Å². The van der Waals surface area contributed by atoms with Crippen LogP contribution in [0.4, 0.5) is 5.95 Å². The molecule has 0 fully saturated rings. The van der Waals surface area contributed by atoms with E-state index in [0.29, 0.717) is 11.9 Å². The number of hydrogen-bond acceptors (Lipinski definition) is 6. The van der Waals surface area contributed by atoms with Crippen LogP contribution >= 0.6 is 11.6 Å². The summed E-state index contributed by atoms with van der Waals surface area (Å²) in [6, 6.07) is 3.61. The van der Waals surface area contributed by atoms with Crippen LogP contribution in [0, 0.1) is 0 Å². The van der Waals surface area contributed by atoms with Crippen LogP contribution in [0.3, 0.4) is 0 Å². The predicted molar refractivity (Wildman–Crippen MR) is 72.7 cm³/mol. The number of aromatic nitrogens is 5. The van der Waals surface area contributed by atoms with E-state index in [0.717, 1.165) is 5.76 Å². The molecule has 3 heterocycles. The largest absolute Gasteiger partial charge is 0.467 e. The van der Waals surface area contributed by atoms with Crippen LogP contribution in [-0.4, -0.2) is 24.5 Å². The zero-order chi connectivity index (χ0) is 13.9. The number of imidazole rings is 1. The number of rotatable bonds is 4.